The third-order valence-electron chi connectivity index (χ3n) is 2.09. The van der Waals surface area contributed by atoms with E-state index in [1.807, 2.05) is 6.92 Å². The predicted octanol–water partition coefficient (Wildman–Crippen LogP) is 2.29. The molecule has 4 nitrogen and oxygen atoms in total. The maximum absolute atomic E-state index is 11.5. The molecule has 1 unspecified atom stereocenters. The summed E-state index contributed by atoms with van der Waals surface area (Å²) in [4.78, 5) is 18.3. The van der Waals surface area contributed by atoms with E-state index >= 15 is 0 Å². The fourth-order valence-corrected chi connectivity index (χ4v) is 1.58. The molecule has 0 aliphatic heterocycles. The summed E-state index contributed by atoms with van der Waals surface area (Å²) >= 11 is 6.02. The van der Waals surface area contributed by atoms with Crippen molar-refractivity contribution in [1.82, 2.24) is 14.5 Å². The average molecular weight is 248 g/mol. The highest BCUT2D eigenvalue weighted by Crippen LogP contribution is 2.18. The van der Waals surface area contributed by atoms with Gasteiger partial charge in [-0.15, -0.1) is 12.4 Å². The normalized spacial score (nSPS) is 12.4. The SMILES string of the molecule is CCC(Cl)n1c(=O)[nH]c2cccnc21.Cl. The lowest BCUT2D eigenvalue weighted by Gasteiger charge is -2.06. The fraction of sp³-hybridized carbons (Fsp3) is 0.333. The molecule has 15 heavy (non-hydrogen) atoms. The third-order valence-corrected chi connectivity index (χ3v) is 2.60. The predicted molar refractivity (Wildman–Crippen MR) is 62.8 cm³/mol. The highest BCUT2D eigenvalue weighted by molar-refractivity contribution is 6.19. The zero-order valence-corrected chi connectivity index (χ0v) is 9.68. The maximum atomic E-state index is 11.5. The Bertz CT molecular complexity index is 505. The summed E-state index contributed by atoms with van der Waals surface area (Å²) in [5.41, 5.74) is 0.780. The molecule has 2 rings (SSSR count). The van der Waals surface area contributed by atoms with Gasteiger partial charge in [-0.25, -0.2) is 9.78 Å². The van der Waals surface area contributed by atoms with Crippen LogP contribution in [0.1, 0.15) is 18.8 Å². The van der Waals surface area contributed by atoms with Gasteiger partial charge in [0.05, 0.1) is 5.52 Å². The standard InChI is InChI=1S/C9H10ClN3O.ClH/c1-2-7(10)13-8-6(12-9(13)14)4-3-5-11-8;/h3-5,7H,2H2,1H3,(H,12,14);1H. The molecule has 0 aliphatic carbocycles. The number of pyridine rings is 1. The van der Waals surface area contributed by atoms with Crippen molar-refractivity contribution in [3.05, 3.63) is 28.8 Å². The molecule has 0 saturated heterocycles. The second kappa shape index (κ2) is 4.68. The Labute approximate surface area is 97.7 Å². The van der Waals surface area contributed by atoms with Gasteiger partial charge in [-0.2, -0.15) is 0 Å². The molecular weight excluding hydrogens is 237 g/mol. The monoisotopic (exact) mass is 247 g/mol. The van der Waals surface area contributed by atoms with Gasteiger partial charge >= 0.3 is 5.69 Å². The molecule has 0 saturated carbocycles. The van der Waals surface area contributed by atoms with Crippen LogP contribution in [0.15, 0.2) is 23.1 Å². The van der Waals surface area contributed by atoms with Gasteiger partial charge in [-0.1, -0.05) is 18.5 Å². The minimum absolute atomic E-state index is 0. The largest absolute Gasteiger partial charge is 0.328 e. The third kappa shape index (κ3) is 2.01. The minimum atomic E-state index is -0.342. The molecule has 82 valence electrons. The number of alkyl halides is 1. The van der Waals surface area contributed by atoms with Crippen LogP contribution in [-0.2, 0) is 0 Å². The van der Waals surface area contributed by atoms with Crippen molar-refractivity contribution < 1.29 is 0 Å². The van der Waals surface area contributed by atoms with Gasteiger partial charge in [0, 0.05) is 6.20 Å². The van der Waals surface area contributed by atoms with Crippen LogP contribution in [0.2, 0.25) is 0 Å². The molecule has 0 bridgehead atoms. The van der Waals surface area contributed by atoms with Gasteiger partial charge in [0.15, 0.2) is 5.65 Å². The number of aromatic amines is 1. The van der Waals surface area contributed by atoms with Crippen LogP contribution in [0, 0.1) is 0 Å². The number of hydrogen-bond acceptors (Lipinski definition) is 2. The van der Waals surface area contributed by atoms with Gasteiger partial charge in [0.1, 0.15) is 5.50 Å². The van der Waals surface area contributed by atoms with E-state index in [1.165, 1.54) is 4.57 Å². The van der Waals surface area contributed by atoms with E-state index in [0.29, 0.717) is 12.1 Å². The number of imidazole rings is 1. The van der Waals surface area contributed by atoms with Gasteiger partial charge in [-0.05, 0) is 18.6 Å². The Morgan fingerprint density at radius 2 is 2.40 bits per heavy atom. The second-order valence-electron chi connectivity index (χ2n) is 3.02. The molecule has 0 aromatic carbocycles. The Hall–Kier alpha value is -1.00. The van der Waals surface area contributed by atoms with Crippen molar-refractivity contribution in [1.29, 1.82) is 0 Å². The van der Waals surface area contributed by atoms with E-state index in [1.54, 1.807) is 18.3 Å². The first-order valence-electron chi connectivity index (χ1n) is 4.43. The van der Waals surface area contributed by atoms with Crippen molar-refractivity contribution in [3.8, 4) is 0 Å². The van der Waals surface area contributed by atoms with E-state index in [-0.39, 0.29) is 23.6 Å². The topological polar surface area (TPSA) is 50.7 Å². The van der Waals surface area contributed by atoms with Crippen LogP contribution in [0.5, 0.6) is 0 Å². The molecule has 0 radical (unpaired) electrons. The molecule has 2 heterocycles. The second-order valence-corrected chi connectivity index (χ2v) is 3.52. The number of nitrogens with zero attached hydrogens (tertiary/aromatic N) is 2. The summed E-state index contributed by atoms with van der Waals surface area (Å²) in [5.74, 6) is 0. The Morgan fingerprint density at radius 1 is 1.67 bits per heavy atom. The molecular formula is C9H11Cl2N3O. The van der Waals surface area contributed by atoms with Crippen LogP contribution in [0.4, 0.5) is 0 Å². The van der Waals surface area contributed by atoms with E-state index < -0.39 is 0 Å². The molecule has 1 atom stereocenters. The maximum Gasteiger partial charge on any atom is 0.328 e. The molecule has 6 heteroatoms. The summed E-state index contributed by atoms with van der Waals surface area (Å²) in [5, 5.41) is 0. The van der Waals surface area contributed by atoms with E-state index in [2.05, 4.69) is 9.97 Å². The summed E-state index contributed by atoms with van der Waals surface area (Å²) < 4.78 is 1.47. The first-order chi connectivity index (χ1) is 6.74. The number of halogens is 2. The van der Waals surface area contributed by atoms with E-state index in [4.69, 9.17) is 11.6 Å². The summed E-state index contributed by atoms with van der Waals surface area (Å²) in [6.07, 6.45) is 2.33. The number of rotatable bonds is 2. The van der Waals surface area contributed by atoms with Crippen molar-refractivity contribution >= 4 is 35.2 Å². The molecule has 0 amide bonds. The molecule has 0 fully saturated rings. The average Bonchev–Trinajstić information content (AvgIpc) is 2.53. The van der Waals surface area contributed by atoms with Crippen LogP contribution >= 0.6 is 24.0 Å². The number of aromatic nitrogens is 3. The minimum Gasteiger partial charge on any atom is -0.304 e. The zero-order chi connectivity index (χ0) is 10.1. The lowest BCUT2D eigenvalue weighted by Crippen LogP contribution is -2.18. The molecule has 0 aliphatic rings. The number of H-pyrrole nitrogens is 1. The highest BCUT2D eigenvalue weighted by atomic mass is 35.5. The highest BCUT2D eigenvalue weighted by Gasteiger charge is 2.12. The van der Waals surface area contributed by atoms with E-state index in [0.717, 1.165) is 5.52 Å². The van der Waals surface area contributed by atoms with Crippen LogP contribution in [-0.4, -0.2) is 14.5 Å². The fourth-order valence-electron chi connectivity index (χ4n) is 1.40. The van der Waals surface area contributed by atoms with Gasteiger partial charge in [-0.3, -0.25) is 4.57 Å². The molecule has 2 aromatic rings. The quantitative estimate of drug-likeness (QED) is 0.829. The van der Waals surface area contributed by atoms with Crippen molar-refractivity contribution in [2.24, 2.45) is 0 Å². The van der Waals surface area contributed by atoms with Gasteiger partial charge in [0.25, 0.3) is 0 Å². The molecule has 0 spiro atoms. The summed E-state index contributed by atoms with van der Waals surface area (Å²) in [7, 11) is 0. The smallest absolute Gasteiger partial charge is 0.304 e. The van der Waals surface area contributed by atoms with Crippen molar-refractivity contribution in [2.45, 2.75) is 18.8 Å². The number of nitrogens with one attached hydrogen (secondary N) is 1. The lowest BCUT2D eigenvalue weighted by molar-refractivity contribution is 0.638. The van der Waals surface area contributed by atoms with Gasteiger partial charge < -0.3 is 4.98 Å². The van der Waals surface area contributed by atoms with Crippen molar-refractivity contribution in [2.75, 3.05) is 0 Å². The first kappa shape index (κ1) is 12.1. The Balaban J connectivity index is 0.00000112. The first-order valence-corrected chi connectivity index (χ1v) is 4.87. The summed E-state index contributed by atoms with van der Waals surface area (Å²) in [6.45, 7) is 1.92. The Morgan fingerprint density at radius 3 is 3.07 bits per heavy atom. The van der Waals surface area contributed by atoms with Gasteiger partial charge in [0.2, 0.25) is 0 Å². The lowest BCUT2D eigenvalue weighted by atomic mass is 10.4. The van der Waals surface area contributed by atoms with E-state index in [9.17, 15) is 4.79 Å². The Kier molecular flexibility index (Phi) is 3.77. The van der Waals surface area contributed by atoms with Crippen molar-refractivity contribution in [3.63, 3.8) is 0 Å². The van der Waals surface area contributed by atoms with Crippen LogP contribution < -0.4 is 5.69 Å². The number of hydrogen-bond donors (Lipinski definition) is 1. The molecule has 2 aromatic heterocycles. The zero-order valence-electron chi connectivity index (χ0n) is 8.11. The number of fused-ring (bicyclic) bond motifs is 1. The summed E-state index contributed by atoms with van der Waals surface area (Å²) in [6, 6.07) is 3.58. The molecule has 1 N–H and O–H groups in total. The van der Waals surface area contributed by atoms with Crippen LogP contribution in [0.25, 0.3) is 11.2 Å². The van der Waals surface area contributed by atoms with Crippen LogP contribution in [0.3, 0.4) is 0 Å².